The summed E-state index contributed by atoms with van der Waals surface area (Å²) in [6, 6.07) is 11.5. The Morgan fingerprint density at radius 1 is 1.05 bits per heavy atom. The van der Waals surface area contributed by atoms with Crippen LogP contribution in [0.15, 0.2) is 47.4 Å². The minimum absolute atomic E-state index is 0.236. The first-order chi connectivity index (χ1) is 9.08. The summed E-state index contributed by atoms with van der Waals surface area (Å²) in [5.41, 5.74) is 0.709. The van der Waals surface area contributed by atoms with Gasteiger partial charge in [0, 0.05) is 15.6 Å². The number of rotatable bonds is 4. The summed E-state index contributed by atoms with van der Waals surface area (Å²) in [5.74, 6) is 0.574. The summed E-state index contributed by atoms with van der Waals surface area (Å²) in [5, 5.41) is 1.08. The molecule has 2 aromatic carbocycles. The molecule has 1 N–H and O–H groups in total. The van der Waals surface area contributed by atoms with Gasteiger partial charge in [-0.3, -0.25) is 0 Å². The SMILES string of the molecule is O=S(O)c1ccc(OCc2c(Cl)cccc2Cl)cc1. The van der Waals surface area contributed by atoms with Crippen LogP contribution in [-0.4, -0.2) is 8.76 Å². The van der Waals surface area contributed by atoms with Gasteiger partial charge in [-0.1, -0.05) is 29.3 Å². The number of hydrogen-bond acceptors (Lipinski definition) is 2. The molecule has 1 atom stereocenters. The fraction of sp³-hybridized carbons (Fsp3) is 0.0769. The van der Waals surface area contributed by atoms with Crippen LogP contribution in [0.3, 0.4) is 0 Å². The largest absolute Gasteiger partial charge is 0.489 e. The first kappa shape index (κ1) is 14.3. The van der Waals surface area contributed by atoms with Crippen LogP contribution in [0.25, 0.3) is 0 Å². The normalized spacial score (nSPS) is 12.2. The maximum atomic E-state index is 10.8. The molecule has 0 radical (unpaired) electrons. The molecule has 0 fully saturated rings. The van der Waals surface area contributed by atoms with Crippen molar-refractivity contribution in [3.8, 4) is 5.75 Å². The molecule has 0 aliphatic rings. The van der Waals surface area contributed by atoms with Gasteiger partial charge in [0.15, 0.2) is 11.1 Å². The second kappa shape index (κ2) is 6.39. The molecular formula is C13H10Cl2O3S. The van der Waals surface area contributed by atoms with Crippen molar-refractivity contribution in [2.24, 2.45) is 0 Å². The first-order valence-corrected chi connectivity index (χ1v) is 7.21. The Morgan fingerprint density at radius 2 is 1.63 bits per heavy atom. The Balaban J connectivity index is 2.08. The lowest BCUT2D eigenvalue weighted by molar-refractivity contribution is 0.306. The molecule has 2 aromatic rings. The molecule has 0 aromatic heterocycles. The van der Waals surface area contributed by atoms with Crippen molar-refractivity contribution in [1.82, 2.24) is 0 Å². The highest BCUT2D eigenvalue weighted by atomic mass is 35.5. The summed E-state index contributed by atoms with van der Waals surface area (Å²) in [6.07, 6.45) is 0. The molecule has 0 aliphatic heterocycles. The Kier molecular flexibility index (Phi) is 4.82. The van der Waals surface area contributed by atoms with Gasteiger partial charge in [-0.15, -0.1) is 0 Å². The fourth-order valence-corrected chi connectivity index (χ4v) is 2.35. The van der Waals surface area contributed by atoms with E-state index in [1.807, 2.05) is 0 Å². The van der Waals surface area contributed by atoms with E-state index in [4.69, 9.17) is 32.5 Å². The molecule has 0 heterocycles. The van der Waals surface area contributed by atoms with Crippen LogP contribution in [-0.2, 0) is 17.7 Å². The van der Waals surface area contributed by atoms with Crippen LogP contribution in [0.1, 0.15) is 5.56 Å². The van der Waals surface area contributed by atoms with Crippen LogP contribution in [0.4, 0.5) is 0 Å². The van der Waals surface area contributed by atoms with Gasteiger partial charge in [0.1, 0.15) is 12.4 Å². The lowest BCUT2D eigenvalue weighted by Gasteiger charge is -2.09. The van der Waals surface area contributed by atoms with Crippen molar-refractivity contribution in [3.63, 3.8) is 0 Å². The highest BCUT2D eigenvalue weighted by molar-refractivity contribution is 7.79. The standard InChI is InChI=1S/C13H10Cl2O3S/c14-12-2-1-3-13(15)11(12)8-18-9-4-6-10(7-5-9)19(16)17/h1-7H,8H2,(H,16,17). The maximum absolute atomic E-state index is 10.8. The van der Waals surface area contributed by atoms with Crippen molar-refractivity contribution in [2.75, 3.05) is 0 Å². The van der Waals surface area contributed by atoms with Gasteiger partial charge in [-0.2, -0.15) is 0 Å². The number of halogens is 2. The smallest absolute Gasteiger partial charge is 0.186 e. The van der Waals surface area contributed by atoms with E-state index in [-0.39, 0.29) is 6.61 Å². The number of benzene rings is 2. The van der Waals surface area contributed by atoms with E-state index in [0.29, 0.717) is 26.3 Å². The average molecular weight is 317 g/mol. The third kappa shape index (κ3) is 3.70. The predicted octanol–water partition coefficient (Wildman–Crippen LogP) is 4.15. The molecule has 3 nitrogen and oxygen atoms in total. The van der Waals surface area contributed by atoms with E-state index in [1.165, 1.54) is 12.1 Å². The van der Waals surface area contributed by atoms with Crippen LogP contribution in [0, 0.1) is 0 Å². The van der Waals surface area contributed by atoms with E-state index < -0.39 is 11.1 Å². The Labute approximate surface area is 123 Å². The van der Waals surface area contributed by atoms with Gasteiger partial charge < -0.3 is 9.29 Å². The average Bonchev–Trinajstić information content (AvgIpc) is 2.38. The Morgan fingerprint density at radius 3 is 2.16 bits per heavy atom. The zero-order valence-electron chi connectivity index (χ0n) is 9.68. The molecule has 1 unspecified atom stereocenters. The molecular weight excluding hydrogens is 307 g/mol. The third-order valence-electron chi connectivity index (χ3n) is 2.47. The summed E-state index contributed by atoms with van der Waals surface area (Å²) >= 11 is 10.1. The van der Waals surface area contributed by atoms with Crippen LogP contribution >= 0.6 is 23.2 Å². The maximum Gasteiger partial charge on any atom is 0.186 e. The van der Waals surface area contributed by atoms with Crippen molar-refractivity contribution < 1.29 is 13.5 Å². The zero-order valence-corrected chi connectivity index (χ0v) is 12.0. The summed E-state index contributed by atoms with van der Waals surface area (Å²) in [4.78, 5) is 0.322. The molecule has 2 rings (SSSR count). The molecule has 0 saturated heterocycles. The molecule has 0 bridgehead atoms. The molecule has 100 valence electrons. The highest BCUT2D eigenvalue weighted by Crippen LogP contribution is 2.26. The molecule has 0 saturated carbocycles. The van der Waals surface area contributed by atoms with E-state index in [1.54, 1.807) is 30.3 Å². The predicted molar refractivity (Wildman–Crippen MR) is 76.3 cm³/mol. The number of ether oxygens (including phenoxy) is 1. The van der Waals surface area contributed by atoms with E-state index in [9.17, 15) is 4.21 Å². The minimum Gasteiger partial charge on any atom is -0.489 e. The van der Waals surface area contributed by atoms with Crippen molar-refractivity contribution >= 4 is 34.3 Å². The van der Waals surface area contributed by atoms with Gasteiger partial charge >= 0.3 is 0 Å². The Bertz CT molecular complexity index is 579. The quantitative estimate of drug-likeness (QED) is 0.862. The van der Waals surface area contributed by atoms with Crippen LogP contribution < -0.4 is 4.74 Å². The van der Waals surface area contributed by atoms with Crippen LogP contribution in [0.5, 0.6) is 5.75 Å². The summed E-state index contributed by atoms with van der Waals surface area (Å²) in [7, 11) is 0. The van der Waals surface area contributed by atoms with Crippen molar-refractivity contribution in [3.05, 3.63) is 58.1 Å². The minimum atomic E-state index is -1.98. The molecule has 19 heavy (non-hydrogen) atoms. The third-order valence-corrected chi connectivity index (χ3v) is 3.85. The van der Waals surface area contributed by atoms with Gasteiger partial charge in [-0.25, -0.2) is 4.21 Å². The topological polar surface area (TPSA) is 46.5 Å². The van der Waals surface area contributed by atoms with Crippen molar-refractivity contribution in [1.29, 1.82) is 0 Å². The fourth-order valence-electron chi connectivity index (χ4n) is 1.48. The molecule has 0 aliphatic carbocycles. The van der Waals surface area contributed by atoms with Crippen molar-refractivity contribution in [2.45, 2.75) is 11.5 Å². The monoisotopic (exact) mass is 316 g/mol. The zero-order chi connectivity index (χ0) is 13.8. The lowest BCUT2D eigenvalue weighted by atomic mass is 10.2. The van der Waals surface area contributed by atoms with E-state index in [2.05, 4.69) is 0 Å². The summed E-state index contributed by atoms with van der Waals surface area (Å²) < 4.78 is 25.2. The Hall–Kier alpha value is -1.07. The molecule has 0 amide bonds. The summed E-state index contributed by atoms with van der Waals surface area (Å²) in [6.45, 7) is 0.236. The highest BCUT2D eigenvalue weighted by Gasteiger charge is 2.06. The number of hydrogen-bond donors (Lipinski definition) is 1. The van der Waals surface area contributed by atoms with Gasteiger partial charge in [0.25, 0.3) is 0 Å². The second-order valence-corrected chi connectivity index (χ2v) is 5.49. The lowest BCUT2D eigenvalue weighted by Crippen LogP contribution is -1.97. The van der Waals surface area contributed by atoms with E-state index in [0.717, 1.165) is 0 Å². The molecule has 0 spiro atoms. The second-order valence-electron chi connectivity index (χ2n) is 3.71. The van der Waals surface area contributed by atoms with E-state index >= 15 is 0 Å². The van der Waals surface area contributed by atoms with Crippen LogP contribution in [0.2, 0.25) is 10.0 Å². The van der Waals surface area contributed by atoms with Gasteiger partial charge in [0.2, 0.25) is 0 Å². The van der Waals surface area contributed by atoms with Gasteiger partial charge in [-0.05, 0) is 36.4 Å². The van der Waals surface area contributed by atoms with Gasteiger partial charge in [0.05, 0.1) is 4.90 Å². The first-order valence-electron chi connectivity index (χ1n) is 5.34. The molecule has 6 heteroatoms.